The number of aromatic nitrogens is 3. The molecule has 26 heavy (non-hydrogen) atoms. The Kier molecular flexibility index (Phi) is 3.81. The van der Waals surface area contributed by atoms with Gasteiger partial charge in [0.25, 0.3) is 5.56 Å². The Bertz CT molecular complexity index is 1210. The summed E-state index contributed by atoms with van der Waals surface area (Å²) in [6, 6.07) is 9.47. The molecule has 0 spiro atoms. The summed E-state index contributed by atoms with van der Waals surface area (Å²) >= 11 is 1.44. The van der Waals surface area contributed by atoms with E-state index in [1.54, 1.807) is 26.1 Å². The maximum absolute atomic E-state index is 13.1. The van der Waals surface area contributed by atoms with Crippen LogP contribution in [0.15, 0.2) is 41.3 Å². The lowest BCUT2D eigenvalue weighted by Gasteiger charge is -2.11. The first-order chi connectivity index (χ1) is 12.5. The Morgan fingerprint density at radius 1 is 1.12 bits per heavy atom. The monoisotopic (exact) mass is 365 g/mol. The van der Waals surface area contributed by atoms with Crippen molar-refractivity contribution in [1.82, 2.24) is 14.5 Å². The van der Waals surface area contributed by atoms with Gasteiger partial charge in [-0.2, -0.15) is 0 Å². The second-order valence-corrected chi connectivity index (χ2v) is 6.90. The molecule has 3 heterocycles. The van der Waals surface area contributed by atoms with Crippen LogP contribution in [0.25, 0.3) is 26.1 Å². The number of hydrogen-bond donors (Lipinski definition) is 0. The van der Waals surface area contributed by atoms with E-state index in [4.69, 9.17) is 4.74 Å². The molecular weight excluding hydrogens is 350 g/mol. The maximum Gasteiger partial charge on any atom is 0.340 e. The molecule has 6 nitrogen and oxygen atoms in total. The average molecular weight is 365 g/mol. The summed E-state index contributed by atoms with van der Waals surface area (Å²) in [7, 11) is 1.32. The Hall–Kier alpha value is -3.06. The predicted octanol–water partition coefficient (Wildman–Crippen LogP) is 3.40. The van der Waals surface area contributed by atoms with E-state index in [1.807, 2.05) is 24.3 Å². The van der Waals surface area contributed by atoms with E-state index in [-0.39, 0.29) is 5.56 Å². The molecule has 0 bridgehead atoms. The lowest BCUT2D eigenvalue weighted by Crippen LogP contribution is -2.20. The topological polar surface area (TPSA) is 74.1 Å². The van der Waals surface area contributed by atoms with Crippen molar-refractivity contribution < 1.29 is 9.53 Å². The van der Waals surface area contributed by atoms with Gasteiger partial charge in [0, 0.05) is 11.6 Å². The fourth-order valence-corrected chi connectivity index (χ4v) is 4.07. The first-order valence-corrected chi connectivity index (χ1v) is 8.79. The van der Waals surface area contributed by atoms with Crippen LogP contribution in [0.4, 0.5) is 0 Å². The highest BCUT2D eigenvalue weighted by Crippen LogP contribution is 2.26. The molecule has 0 aliphatic heterocycles. The fourth-order valence-electron chi connectivity index (χ4n) is 3.13. The van der Waals surface area contributed by atoms with Crippen LogP contribution in [0.1, 0.15) is 21.7 Å². The highest BCUT2D eigenvalue weighted by atomic mass is 32.1. The first kappa shape index (κ1) is 16.4. The number of pyridine rings is 2. The third kappa shape index (κ3) is 2.40. The van der Waals surface area contributed by atoms with E-state index in [2.05, 4.69) is 9.97 Å². The van der Waals surface area contributed by atoms with Crippen LogP contribution in [0.2, 0.25) is 0 Å². The average Bonchev–Trinajstić information content (AvgIpc) is 3.05. The molecule has 0 fully saturated rings. The molecule has 4 rings (SSSR count). The van der Waals surface area contributed by atoms with Crippen LogP contribution >= 0.6 is 11.3 Å². The van der Waals surface area contributed by atoms with Crippen molar-refractivity contribution in [2.45, 2.75) is 13.8 Å². The minimum atomic E-state index is -0.503. The van der Waals surface area contributed by atoms with E-state index in [0.29, 0.717) is 32.9 Å². The van der Waals surface area contributed by atoms with Crippen LogP contribution < -0.4 is 5.56 Å². The third-order valence-electron chi connectivity index (χ3n) is 4.30. The lowest BCUT2D eigenvalue weighted by atomic mass is 10.0. The van der Waals surface area contributed by atoms with E-state index in [9.17, 15) is 9.59 Å². The largest absolute Gasteiger partial charge is 0.465 e. The SMILES string of the molecule is COC(=O)c1c(C)nc(C)c2c(=O)n(-c3nc4ccccc4s3)ccc12. The van der Waals surface area contributed by atoms with E-state index < -0.39 is 5.97 Å². The molecular formula is C19H15N3O3S. The van der Waals surface area contributed by atoms with Crippen LogP contribution in [-0.2, 0) is 4.74 Å². The number of nitrogens with zero attached hydrogens (tertiary/aromatic N) is 3. The number of carbonyl (C=O) groups excluding carboxylic acids is 1. The zero-order chi connectivity index (χ0) is 18.4. The highest BCUT2D eigenvalue weighted by molar-refractivity contribution is 7.20. The van der Waals surface area contributed by atoms with Gasteiger partial charge in [-0.25, -0.2) is 9.78 Å². The summed E-state index contributed by atoms with van der Waals surface area (Å²) in [5.41, 5.74) is 2.02. The minimum Gasteiger partial charge on any atom is -0.465 e. The predicted molar refractivity (Wildman–Crippen MR) is 101 cm³/mol. The molecule has 0 unspecified atom stereocenters. The Morgan fingerprint density at radius 3 is 2.62 bits per heavy atom. The van der Waals surface area contributed by atoms with E-state index in [0.717, 1.165) is 10.2 Å². The van der Waals surface area contributed by atoms with Crippen molar-refractivity contribution in [3.8, 4) is 5.13 Å². The van der Waals surface area contributed by atoms with Gasteiger partial charge in [0.05, 0.1) is 39.7 Å². The number of thiazole rings is 1. The number of carbonyl (C=O) groups is 1. The molecule has 0 radical (unpaired) electrons. The first-order valence-electron chi connectivity index (χ1n) is 7.98. The zero-order valence-corrected chi connectivity index (χ0v) is 15.3. The molecule has 3 aromatic heterocycles. The summed E-state index contributed by atoms with van der Waals surface area (Å²) in [4.78, 5) is 34.2. The Morgan fingerprint density at radius 2 is 1.88 bits per heavy atom. The van der Waals surface area contributed by atoms with Crippen molar-refractivity contribution in [2.75, 3.05) is 7.11 Å². The summed E-state index contributed by atoms with van der Waals surface area (Å²) in [5.74, 6) is -0.503. The number of para-hydroxylation sites is 1. The molecule has 1 aromatic carbocycles. The van der Waals surface area contributed by atoms with Crippen molar-refractivity contribution in [3.63, 3.8) is 0 Å². The molecule has 0 N–H and O–H groups in total. The summed E-state index contributed by atoms with van der Waals surface area (Å²) in [5, 5.41) is 1.53. The molecule has 4 aromatic rings. The standard InChI is InChI=1S/C19H15N3O3S/c1-10-15-12(16(11(2)20-10)18(24)25-3)8-9-22(17(15)23)19-21-13-6-4-5-7-14(13)26-19/h4-9H,1-3H3. The quantitative estimate of drug-likeness (QED) is 0.509. The molecule has 0 aliphatic rings. The summed E-state index contributed by atoms with van der Waals surface area (Å²) in [6.45, 7) is 3.50. The number of rotatable bonds is 2. The van der Waals surface area contributed by atoms with Gasteiger partial charge < -0.3 is 4.74 Å². The smallest absolute Gasteiger partial charge is 0.340 e. The second-order valence-electron chi connectivity index (χ2n) is 5.89. The minimum absolute atomic E-state index is 0.253. The van der Waals surface area contributed by atoms with Crippen molar-refractivity contribution in [2.24, 2.45) is 0 Å². The number of esters is 1. The lowest BCUT2D eigenvalue weighted by molar-refractivity contribution is 0.0601. The number of hydrogen-bond acceptors (Lipinski definition) is 6. The second kappa shape index (κ2) is 6.03. The number of ether oxygens (including phenoxy) is 1. The van der Waals surface area contributed by atoms with Gasteiger partial charge in [0.2, 0.25) is 0 Å². The van der Waals surface area contributed by atoms with Crippen LogP contribution in [-0.4, -0.2) is 27.6 Å². The molecule has 0 saturated carbocycles. The van der Waals surface area contributed by atoms with Gasteiger partial charge in [-0.1, -0.05) is 23.5 Å². The molecule has 0 aliphatic carbocycles. The molecule has 7 heteroatoms. The van der Waals surface area contributed by atoms with Gasteiger partial charge in [-0.3, -0.25) is 14.3 Å². The van der Waals surface area contributed by atoms with Crippen molar-refractivity contribution in [3.05, 3.63) is 63.8 Å². The number of benzene rings is 1. The van der Waals surface area contributed by atoms with Crippen molar-refractivity contribution in [1.29, 1.82) is 0 Å². The van der Waals surface area contributed by atoms with Crippen LogP contribution in [0, 0.1) is 13.8 Å². The van der Waals surface area contributed by atoms with E-state index >= 15 is 0 Å². The van der Waals surface area contributed by atoms with Crippen LogP contribution in [0.3, 0.4) is 0 Å². The van der Waals surface area contributed by atoms with Gasteiger partial charge in [0.1, 0.15) is 0 Å². The van der Waals surface area contributed by atoms with Gasteiger partial charge in [-0.15, -0.1) is 0 Å². The number of fused-ring (bicyclic) bond motifs is 2. The summed E-state index contributed by atoms with van der Waals surface area (Å²) in [6.07, 6.45) is 1.65. The highest BCUT2D eigenvalue weighted by Gasteiger charge is 2.20. The van der Waals surface area contributed by atoms with Gasteiger partial charge >= 0.3 is 5.97 Å². The van der Waals surface area contributed by atoms with E-state index in [1.165, 1.54) is 23.0 Å². The fraction of sp³-hybridized carbons (Fsp3) is 0.158. The summed E-state index contributed by atoms with van der Waals surface area (Å²) < 4.78 is 7.36. The van der Waals surface area contributed by atoms with Crippen molar-refractivity contribution >= 4 is 38.3 Å². The van der Waals surface area contributed by atoms with Crippen LogP contribution in [0.5, 0.6) is 0 Å². The molecule has 0 saturated heterocycles. The zero-order valence-electron chi connectivity index (χ0n) is 14.4. The molecule has 130 valence electrons. The van der Waals surface area contributed by atoms with Gasteiger partial charge in [0.15, 0.2) is 5.13 Å². The third-order valence-corrected chi connectivity index (χ3v) is 5.33. The number of methoxy groups -OCH3 is 1. The number of aryl methyl sites for hydroxylation is 2. The Balaban J connectivity index is 2.04. The molecule has 0 amide bonds. The Labute approximate surface area is 152 Å². The maximum atomic E-state index is 13.1. The molecule has 0 atom stereocenters. The van der Waals surface area contributed by atoms with Gasteiger partial charge in [-0.05, 0) is 32.0 Å². The normalized spacial score (nSPS) is 11.2.